The molecule has 3 rings (SSSR count). The van der Waals surface area contributed by atoms with Gasteiger partial charge in [-0.3, -0.25) is 9.59 Å². The summed E-state index contributed by atoms with van der Waals surface area (Å²) in [7, 11) is 0. The van der Waals surface area contributed by atoms with Crippen LogP contribution in [0.4, 0.5) is 5.82 Å². The summed E-state index contributed by atoms with van der Waals surface area (Å²) in [6.07, 6.45) is 2.24. The van der Waals surface area contributed by atoms with Gasteiger partial charge in [0, 0.05) is 30.3 Å². The number of amides is 1. The van der Waals surface area contributed by atoms with Crippen LogP contribution in [0, 0.1) is 11.8 Å². The first-order chi connectivity index (χ1) is 10.9. The Bertz CT molecular complexity index is 797. The number of nitrogens with zero attached hydrogens (tertiary/aromatic N) is 2. The van der Waals surface area contributed by atoms with Gasteiger partial charge in [0.2, 0.25) is 5.91 Å². The maximum atomic E-state index is 12.1. The molecule has 6 nitrogen and oxygen atoms in total. The zero-order chi connectivity index (χ0) is 16.6. The largest absolute Gasteiger partial charge is 0.466 e. The number of pyridine rings is 2. The van der Waals surface area contributed by atoms with Crippen LogP contribution >= 0.6 is 23.2 Å². The van der Waals surface area contributed by atoms with Gasteiger partial charge in [0.25, 0.3) is 0 Å². The van der Waals surface area contributed by atoms with Crippen molar-refractivity contribution in [1.82, 2.24) is 9.97 Å². The summed E-state index contributed by atoms with van der Waals surface area (Å²) in [6, 6.07) is 3.34. The van der Waals surface area contributed by atoms with Crippen LogP contribution in [0.15, 0.2) is 18.3 Å². The maximum Gasteiger partial charge on any atom is 0.302 e. The van der Waals surface area contributed by atoms with E-state index in [-0.39, 0.29) is 40.6 Å². The highest BCUT2D eigenvalue weighted by molar-refractivity contribution is 6.36. The molecule has 2 aromatic rings. The zero-order valence-electron chi connectivity index (χ0n) is 12.2. The third kappa shape index (κ3) is 3.71. The number of halogens is 2. The van der Waals surface area contributed by atoms with Crippen LogP contribution in [0.3, 0.4) is 0 Å². The van der Waals surface area contributed by atoms with E-state index in [1.807, 2.05) is 0 Å². The number of anilines is 1. The number of aromatic nitrogens is 2. The van der Waals surface area contributed by atoms with Crippen LogP contribution in [0.2, 0.25) is 10.3 Å². The van der Waals surface area contributed by atoms with Crippen molar-refractivity contribution in [2.75, 3.05) is 11.9 Å². The molecule has 8 heteroatoms. The van der Waals surface area contributed by atoms with E-state index in [4.69, 9.17) is 27.9 Å². The Morgan fingerprint density at radius 2 is 2.17 bits per heavy atom. The smallest absolute Gasteiger partial charge is 0.302 e. The lowest BCUT2D eigenvalue weighted by atomic mass is 10.2. The van der Waals surface area contributed by atoms with Crippen LogP contribution in [-0.4, -0.2) is 28.5 Å². The summed E-state index contributed by atoms with van der Waals surface area (Å²) >= 11 is 11.9. The van der Waals surface area contributed by atoms with Crippen molar-refractivity contribution >= 4 is 51.7 Å². The van der Waals surface area contributed by atoms with Gasteiger partial charge in [-0.25, -0.2) is 9.97 Å². The molecule has 2 atom stereocenters. The lowest BCUT2D eigenvalue weighted by Crippen LogP contribution is -2.17. The maximum absolute atomic E-state index is 12.1. The van der Waals surface area contributed by atoms with E-state index in [1.165, 1.54) is 6.92 Å². The number of carbonyl (C=O) groups is 2. The second-order valence-electron chi connectivity index (χ2n) is 5.42. The van der Waals surface area contributed by atoms with Crippen molar-refractivity contribution in [3.05, 3.63) is 28.6 Å². The summed E-state index contributed by atoms with van der Waals surface area (Å²) in [4.78, 5) is 31.0. The van der Waals surface area contributed by atoms with E-state index in [2.05, 4.69) is 15.3 Å². The van der Waals surface area contributed by atoms with Crippen molar-refractivity contribution in [2.45, 2.75) is 13.3 Å². The number of carbonyl (C=O) groups excluding carboxylic acids is 2. The summed E-state index contributed by atoms with van der Waals surface area (Å²) in [5.74, 6) is -0.141. The van der Waals surface area contributed by atoms with Crippen LogP contribution in [0.25, 0.3) is 10.8 Å². The quantitative estimate of drug-likeness (QED) is 0.674. The molecule has 1 N–H and O–H groups in total. The van der Waals surface area contributed by atoms with Crippen molar-refractivity contribution in [2.24, 2.45) is 11.8 Å². The minimum Gasteiger partial charge on any atom is -0.466 e. The molecular formula is C15H13Cl2N3O3. The predicted octanol–water partition coefficient (Wildman–Crippen LogP) is 3.07. The molecule has 0 aliphatic heterocycles. The van der Waals surface area contributed by atoms with Gasteiger partial charge >= 0.3 is 5.97 Å². The average molecular weight is 354 g/mol. The Hall–Kier alpha value is -1.92. The lowest BCUT2D eigenvalue weighted by molar-refractivity contribution is -0.141. The van der Waals surface area contributed by atoms with Crippen molar-refractivity contribution in [3.8, 4) is 0 Å². The monoisotopic (exact) mass is 353 g/mol. The molecule has 120 valence electrons. The molecule has 0 saturated heterocycles. The second kappa shape index (κ2) is 6.29. The van der Waals surface area contributed by atoms with Gasteiger partial charge in [-0.1, -0.05) is 23.2 Å². The highest BCUT2D eigenvalue weighted by Crippen LogP contribution is 2.39. The van der Waals surface area contributed by atoms with Crippen LogP contribution in [0.1, 0.15) is 13.3 Å². The van der Waals surface area contributed by atoms with Gasteiger partial charge in [-0.2, -0.15) is 0 Å². The molecule has 2 heterocycles. The van der Waals surface area contributed by atoms with Gasteiger partial charge in [-0.15, -0.1) is 0 Å². The van der Waals surface area contributed by atoms with E-state index < -0.39 is 0 Å². The minimum atomic E-state index is -0.338. The van der Waals surface area contributed by atoms with Crippen molar-refractivity contribution < 1.29 is 14.3 Å². The molecule has 2 aromatic heterocycles. The Morgan fingerprint density at radius 3 is 2.91 bits per heavy atom. The predicted molar refractivity (Wildman–Crippen MR) is 86.4 cm³/mol. The highest BCUT2D eigenvalue weighted by atomic mass is 35.5. The molecule has 1 saturated carbocycles. The Labute approximate surface area is 142 Å². The molecule has 1 fully saturated rings. The van der Waals surface area contributed by atoms with Gasteiger partial charge in [-0.05, 0) is 23.9 Å². The normalized spacial score (nSPS) is 19.4. The van der Waals surface area contributed by atoms with Crippen LogP contribution in [-0.2, 0) is 14.3 Å². The Balaban J connectivity index is 1.68. The first-order valence-electron chi connectivity index (χ1n) is 7.00. The molecule has 0 spiro atoms. The van der Waals surface area contributed by atoms with E-state index in [0.717, 1.165) is 5.39 Å². The van der Waals surface area contributed by atoms with Crippen molar-refractivity contribution in [3.63, 3.8) is 0 Å². The minimum absolute atomic E-state index is 0.0763. The van der Waals surface area contributed by atoms with Gasteiger partial charge in [0.1, 0.15) is 16.1 Å². The molecule has 1 aliphatic rings. The number of nitrogens with one attached hydrogen (secondary N) is 1. The first-order valence-corrected chi connectivity index (χ1v) is 7.75. The second-order valence-corrected chi connectivity index (χ2v) is 6.17. The Kier molecular flexibility index (Phi) is 4.37. The Morgan fingerprint density at radius 1 is 1.39 bits per heavy atom. The van der Waals surface area contributed by atoms with E-state index in [1.54, 1.807) is 18.3 Å². The fourth-order valence-electron chi connectivity index (χ4n) is 2.34. The molecule has 0 bridgehead atoms. The standard InChI is InChI=1S/C15H13Cl2N3O3/c1-7(21)23-6-9-2-10(9)15(22)20-13-4-8-3-12(16)19-14(17)11(8)5-18-13/h3-5,9-10H,2,6H2,1H3,(H,18,20,22)/t9-,10+/m0/s1. The number of rotatable bonds is 4. The molecule has 1 aliphatic carbocycles. The number of esters is 1. The summed E-state index contributed by atoms with van der Waals surface area (Å²) < 4.78 is 4.91. The summed E-state index contributed by atoms with van der Waals surface area (Å²) in [5.41, 5.74) is 0. The van der Waals surface area contributed by atoms with Gasteiger partial charge in [0.15, 0.2) is 0 Å². The van der Waals surface area contributed by atoms with Crippen LogP contribution < -0.4 is 5.32 Å². The first kappa shape index (κ1) is 16.0. The van der Waals surface area contributed by atoms with Gasteiger partial charge in [0.05, 0.1) is 6.61 Å². The molecule has 1 amide bonds. The third-order valence-electron chi connectivity index (χ3n) is 3.65. The molecular weight excluding hydrogens is 341 g/mol. The number of hydrogen-bond donors (Lipinski definition) is 1. The van der Waals surface area contributed by atoms with E-state index in [9.17, 15) is 9.59 Å². The summed E-state index contributed by atoms with van der Waals surface area (Å²) in [5, 5.41) is 4.70. The lowest BCUT2D eigenvalue weighted by Gasteiger charge is -2.06. The molecule has 0 aromatic carbocycles. The molecule has 0 radical (unpaired) electrons. The van der Waals surface area contributed by atoms with Crippen molar-refractivity contribution in [1.29, 1.82) is 0 Å². The molecule has 23 heavy (non-hydrogen) atoms. The topological polar surface area (TPSA) is 81.2 Å². The van der Waals surface area contributed by atoms with E-state index >= 15 is 0 Å². The fourth-order valence-corrected chi connectivity index (χ4v) is 2.84. The fraction of sp³-hybridized carbons (Fsp3) is 0.333. The number of ether oxygens (including phenoxy) is 1. The summed E-state index contributed by atoms with van der Waals surface area (Å²) in [6.45, 7) is 1.62. The average Bonchev–Trinajstić information content (AvgIpc) is 3.24. The third-order valence-corrected chi connectivity index (χ3v) is 4.13. The SMILES string of the molecule is CC(=O)OC[C@@H]1C[C@H]1C(=O)Nc1cc2cc(Cl)nc(Cl)c2cn1. The zero-order valence-corrected chi connectivity index (χ0v) is 13.7. The van der Waals surface area contributed by atoms with Crippen LogP contribution in [0.5, 0.6) is 0 Å². The number of hydrogen-bond acceptors (Lipinski definition) is 5. The number of fused-ring (bicyclic) bond motifs is 1. The molecule has 0 unspecified atom stereocenters. The van der Waals surface area contributed by atoms with Gasteiger partial charge < -0.3 is 10.1 Å². The highest BCUT2D eigenvalue weighted by Gasteiger charge is 2.43. The van der Waals surface area contributed by atoms with E-state index in [0.29, 0.717) is 17.6 Å².